The van der Waals surface area contributed by atoms with Crippen LogP contribution in [0.1, 0.15) is 48.0 Å². The van der Waals surface area contributed by atoms with Crippen molar-refractivity contribution in [3.63, 3.8) is 0 Å². The SMILES string of the molecule is COC(C)(C)CCN1C(=O)C(C)(C)NC(=O)C1(C)C. The molecule has 1 fully saturated rings. The van der Waals surface area contributed by atoms with Crippen LogP contribution >= 0.6 is 0 Å². The molecule has 0 aromatic carbocycles. The van der Waals surface area contributed by atoms with E-state index in [0.29, 0.717) is 13.0 Å². The minimum Gasteiger partial charge on any atom is -0.379 e. The van der Waals surface area contributed by atoms with Crippen LogP contribution in [0.4, 0.5) is 0 Å². The van der Waals surface area contributed by atoms with Crippen LogP contribution < -0.4 is 5.32 Å². The molecule has 2 amide bonds. The highest BCUT2D eigenvalue weighted by Crippen LogP contribution is 2.27. The molecule has 0 bridgehead atoms. The number of carbonyl (C=O) groups excluding carboxylic acids is 2. The molecule has 0 spiro atoms. The first-order valence-electron chi connectivity index (χ1n) is 6.64. The van der Waals surface area contributed by atoms with E-state index in [1.807, 2.05) is 13.8 Å². The zero-order valence-electron chi connectivity index (χ0n) is 13.1. The van der Waals surface area contributed by atoms with Crippen LogP contribution in [0.5, 0.6) is 0 Å². The van der Waals surface area contributed by atoms with Gasteiger partial charge >= 0.3 is 0 Å². The van der Waals surface area contributed by atoms with Gasteiger partial charge in [0.2, 0.25) is 11.8 Å². The Balaban J connectivity index is 2.94. The van der Waals surface area contributed by atoms with Gasteiger partial charge in [-0.05, 0) is 48.0 Å². The molecule has 0 aliphatic carbocycles. The molecule has 110 valence electrons. The lowest BCUT2D eigenvalue weighted by atomic mass is 9.89. The Bertz CT molecular complexity index is 386. The summed E-state index contributed by atoms with van der Waals surface area (Å²) < 4.78 is 5.37. The second-order valence-electron chi connectivity index (χ2n) is 6.81. The second kappa shape index (κ2) is 4.78. The van der Waals surface area contributed by atoms with Crippen molar-refractivity contribution in [3.8, 4) is 0 Å². The van der Waals surface area contributed by atoms with Crippen molar-refractivity contribution in [2.24, 2.45) is 0 Å². The summed E-state index contributed by atoms with van der Waals surface area (Å²) >= 11 is 0. The molecule has 0 saturated carbocycles. The van der Waals surface area contributed by atoms with E-state index in [1.165, 1.54) is 0 Å². The normalized spacial score (nSPS) is 22.4. The molecule has 0 aromatic heterocycles. The molecular weight excluding hydrogens is 244 g/mol. The lowest BCUT2D eigenvalue weighted by Crippen LogP contribution is -2.72. The van der Waals surface area contributed by atoms with Gasteiger partial charge in [0.1, 0.15) is 11.1 Å². The number of hydrogen-bond acceptors (Lipinski definition) is 3. The Kier molecular flexibility index (Phi) is 4.01. The van der Waals surface area contributed by atoms with Gasteiger partial charge in [-0.3, -0.25) is 9.59 Å². The molecule has 1 aliphatic heterocycles. The maximum atomic E-state index is 12.5. The van der Waals surface area contributed by atoms with Crippen LogP contribution in [0.25, 0.3) is 0 Å². The van der Waals surface area contributed by atoms with Crippen LogP contribution in [0, 0.1) is 0 Å². The Morgan fingerprint density at radius 2 is 1.74 bits per heavy atom. The van der Waals surface area contributed by atoms with E-state index in [-0.39, 0.29) is 17.4 Å². The lowest BCUT2D eigenvalue weighted by Gasteiger charge is -2.48. The zero-order chi connectivity index (χ0) is 15.1. The summed E-state index contributed by atoms with van der Waals surface area (Å²) in [5.41, 5.74) is -1.98. The quantitative estimate of drug-likeness (QED) is 0.838. The van der Waals surface area contributed by atoms with Crippen LogP contribution in [0.2, 0.25) is 0 Å². The van der Waals surface area contributed by atoms with Crippen molar-refractivity contribution in [3.05, 3.63) is 0 Å². The van der Waals surface area contributed by atoms with Crippen LogP contribution in [-0.4, -0.2) is 47.0 Å². The van der Waals surface area contributed by atoms with E-state index >= 15 is 0 Å². The Morgan fingerprint density at radius 1 is 1.21 bits per heavy atom. The van der Waals surface area contributed by atoms with Crippen LogP contribution in [-0.2, 0) is 14.3 Å². The Morgan fingerprint density at radius 3 is 2.21 bits per heavy atom. The smallest absolute Gasteiger partial charge is 0.248 e. The summed E-state index contributed by atoms with van der Waals surface area (Å²) in [6.07, 6.45) is 0.683. The predicted molar refractivity (Wildman–Crippen MR) is 73.7 cm³/mol. The summed E-state index contributed by atoms with van der Waals surface area (Å²) in [7, 11) is 1.65. The van der Waals surface area contributed by atoms with Gasteiger partial charge < -0.3 is 15.0 Å². The number of ether oxygens (including phenoxy) is 1. The van der Waals surface area contributed by atoms with Crippen LogP contribution in [0.15, 0.2) is 0 Å². The Labute approximate surface area is 115 Å². The largest absolute Gasteiger partial charge is 0.379 e. The van der Waals surface area contributed by atoms with Crippen molar-refractivity contribution in [1.29, 1.82) is 0 Å². The topological polar surface area (TPSA) is 58.6 Å². The van der Waals surface area contributed by atoms with Crippen molar-refractivity contribution in [1.82, 2.24) is 10.2 Å². The number of methoxy groups -OCH3 is 1. The molecule has 1 heterocycles. The Hall–Kier alpha value is -1.10. The fourth-order valence-electron chi connectivity index (χ4n) is 2.07. The second-order valence-corrected chi connectivity index (χ2v) is 6.81. The molecule has 1 rings (SSSR count). The van der Waals surface area contributed by atoms with E-state index in [0.717, 1.165) is 0 Å². The van der Waals surface area contributed by atoms with Gasteiger partial charge in [-0.15, -0.1) is 0 Å². The highest BCUT2D eigenvalue weighted by Gasteiger charge is 2.50. The molecule has 5 nitrogen and oxygen atoms in total. The zero-order valence-corrected chi connectivity index (χ0v) is 13.1. The van der Waals surface area contributed by atoms with Crippen molar-refractivity contribution >= 4 is 11.8 Å². The number of piperazine rings is 1. The van der Waals surface area contributed by atoms with E-state index in [2.05, 4.69) is 5.32 Å². The van der Waals surface area contributed by atoms with Gasteiger partial charge in [0.15, 0.2) is 0 Å². The number of rotatable bonds is 4. The summed E-state index contributed by atoms with van der Waals surface area (Å²) in [6, 6.07) is 0. The molecule has 1 aliphatic rings. The number of nitrogens with zero attached hydrogens (tertiary/aromatic N) is 1. The number of carbonyl (C=O) groups is 2. The standard InChI is InChI=1S/C14H26N2O3/c1-12(2,19-7)8-9-16-11(18)13(3,4)15-10(17)14(16,5)6/h8-9H2,1-7H3,(H,15,17). The van der Waals surface area contributed by atoms with Crippen molar-refractivity contribution < 1.29 is 14.3 Å². The lowest BCUT2D eigenvalue weighted by molar-refractivity contribution is -0.160. The highest BCUT2D eigenvalue weighted by molar-refractivity contribution is 6.01. The van der Waals surface area contributed by atoms with Gasteiger partial charge in [0.05, 0.1) is 5.60 Å². The molecule has 19 heavy (non-hydrogen) atoms. The maximum absolute atomic E-state index is 12.5. The number of hydrogen-bond donors (Lipinski definition) is 1. The first-order chi connectivity index (χ1) is 8.44. The minimum atomic E-state index is -0.843. The fourth-order valence-corrected chi connectivity index (χ4v) is 2.07. The summed E-state index contributed by atoms with van der Waals surface area (Å²) in [5.74, 6) is -0.170. The van der Waals surface area contributed by atoms with Gasteiger partial charge in [-0.25, -0.2) is 0 Å². The van der Waals surface area contributed by atoms with Gasteiger partial charge in [0, 0.05) is 13.7 Å². The van der Waals surface area contributed by atoms with E-state index in [4.69, 9.17) is 4.74 Å². The molecular formula is C14H26N2O3. The van der Waals surface area contributed by atoms with E-state index < -0.39 is 11.1 Å². The van der Waals surface area contributed by atoms with Gasteiger partial charge in [-0.1, -0.05) is 0 Å². The third-order valence-corrected chi connectivity index (χ3v) is 3.93. The third kappa shape index (κ3) is 3.08. The molecule has 0 atom stereocenters. The monoisotopic (exact) mass is 270 g/mol. The first-order valence-corrected chi connectivity index (χ1v) is 6.64. The van der Waals surface area contributed by atoms with E-state index in [9.17, 15) is 9.59 Å². The fraction of sp³-hybridized carbons (Fsp3) is 0.857. The summed E-state index contributed by atoms with van der Waals surface area (Å²) in [4.78, 5) is 26.3. The maximum Gasteiger partial charge on any atom is 0.248 e. The average molecular weight is 270 g/mol. The number of amides is 2. The van der Waals surface area contributed by atoms with Crippen molar-refractivity contribution in [2.75, 3.05) is 13.7 Å². The molecule has 0 unspecified atom stereocenters. The summed E-state index contributed by atoms with van der Waals surface area (Å²) in [5, 5.41) is 2.78. The van der Waals surface area contributed by atoms with Crippen molar-refractivity contribution in [2.45, 2.75) is 64.6 Å². The predicted octanol–water partition coefficient (Wildman–Crippen LogP) is 1.32. The number of nitrogens with one attached hydrogen (secondary N) is 1. The molecule has 1 saturated heterocycles. The van der Waals surface area contributed by atoms with Crippen LogP contribution in [0.3, 0.4) is 0 Å². The molecule has 1 N–H and O–H groups in total. The van der Waals surface area contributed by atoms with Gasteiger partial charge in [0.25, 0.3) is 0 Å². The van der Waals surface area contributed by atoms with E-state index in [1.54, 1.807) is 39.7 Å². The molecule has 0 radical (unpaired) electrons. The third-order valence-electron chi connectivity index (χ3n) is 3.93. The average Bonchev–Trinajstić information content (AvgIpc) is 2.26. The molecule has 0 aromatic rings. The first kappa shape index (κ1) is 16.0. The summed E-state index contributed by atoms with van der Waals surface area (Å²) in [6.45, 7) is 11.5. The minimum absolute atomic E-state index is 0.0518. The van der Waals surface area contributed by atoms with Gasteiger partial charge in [-0.2, -0.15) is 0 Å². The molecule has 5 heteroatoms. The highest BCUT2D eigenvalue weighted by atomic mass is 16.5.